The second kappa shape index (κ2) is 15.0. The first-order valence-electron chi connectivity index (χ1n) is 9.99. The minimum atomic E-state index is 0. The van der Waals surface area contributed by atoms with Crippen molar-refractivity contribution in [3.8, 4) is 0 Å². The maximum absolute atomic E-state index is 5.95. The monoisotopic (exact) mass is 505 g/mol. The van der Waals surface area contributed by atoms with E-state index in [1.165, 1.54) is 11.1 Å². The standard InChI is InChI=1S/C21H35N3O3.HI/c1-4-26-17-19-9-6-5-8-18(19)16-23-21(22-2)24-12-10-20(11-13-24)27-15-7-14-25-3;/h5-6,8-9,20H,4,7,10-17H2,1-3H3,(H,22,23);1H. The Hall–Kier alpha value is -0.900. The fraction of sp³-hybridized carbons (Fsp3) is 0.667. The molecule has 1 saturated heterocycles. The third-order valence-electron chi connectivity index (χ3n) is 4.82. The van der Waals surface area contributed by atoms with Crippen LogP contribution in [-0.4, -0.2) is 64.0 Å². The minimum absolute atomic E-state index is 0. The smallest absolute Gasteiger partial charge is 0.193 e. The number of hydrogen-bond donors (Lipinski definition) is 1. The van der Waals surface area contributed by atoms with Crippen molar-refractivity contribution in [2.45, 2.75) is 45.4 Å². The van der Waals surface area contributed by atoms with Gasteiger partial charge >= 0.3 is 0 Å². The van der Waals surface area contributed by atoms with E-state index in [1.807, 2.05) is 14.0 Å². The molecule has 160 valence electrons. The number of hydrogen-bond acceptors (Lipinski definition) is 4. The van der Waals surface area contributed by atoms with Gasteiger partial charge in [0.05, 0.1) is 12.7 Å². The number of piperidine rings is 1. The van der Waals surface area contributed by atoms with Gasteiger partial charge in [0, 0.05) is 53.6 Å². The van der Waals surface area contributed by atoms with Gasteiger partial charge in [-0.25, -0.2) is 0 Å². The van der Waals surface area contributed by atoms with Gasteiger partial charge in [0.1, 0.15) is 0 Å². The van der Waals surface area contributed by atoms with E-state index in [0.717, 1.165) is 64.7 Å². The van der Waals surface area contributed by atoms with Gasteiger partial charge in [-0.2, -0.15) is 0 Å². The van der Waals surface area contributed by atoms with Gasteiger partial charge in [-0.3, -0.25) is 4.99 Å². The SMILES string of the molecule is CCOCc1ccccc1CNC(=NC)N1CCC(OCCCOC)CC1.I. The number of guanidine groups is 1. The van der Waals surface area contributed by atoms with E-state index in [1.54, 1.807) is 7.11 Å². The molecule has 0 atom stereocenters. The summed E-state index contributed by atoms with van der Waals surface area (Å²) in [5, 5.41) is 3.51. The molecule has 0 aliphatic carbocycles. The molecule has 6 nitrogen and oxygen atoms in total. The lowest BCUT2D eigenvalue weighted by atomic mass is 10.1. The fourth-order valence-corrected chi connectivity index (χ4v) is 3.28. The molecule has 1 aliphatic heterocycles. The van der Waals surface area contributed by atoms with Crippen LogP contribution >= 0.6 is 24.0 Å². The molecule has 0 aromatic heterocycles. The summed E-state index contributed by atoms with van der Waals surface area (Å²) in [4.78, 5) is 6.79. The Balaban J connectivity index is 0.00000392. The highest BCUT2D eigenvalue weighted by molar-refractivity contribution is 14.0. The number of halogens is 1. The van der Waals surface area contributed by atoms with Crippen LogP contribution in [0, 0.1) is 0 Å². The Morgan fingerprint density at radius 2 is 1.89 bits per heavy atom. The van der Waals surface area contributed by atoms with Crippen molar-refractivity contribution < 1.29 is 14.2 Å². The molecular formula is C21H36IN3O3. The third kappa shape index (κ3) is 8.63. The van der Waals surface area contributed by atoms with Crippen molar-refractivity contribution >= 4 is 29.9 Å². The molecule has 0 saturated carbocycles. The molecule has 0 radical (unpaired) electrons. The van der Waals surface area contributed by atoms with Crippen LogP contribution in [0.25, 0.3) is 0 Å². The van der Waals surface area contributed by atoms with Crippen molar-refractivity contribution in [2.75, 3.05) is 47.1 Å². The lowest BCUT2D eigenvalue weighted by molar-refractivity contribution is 0.00989. The number of likely N-dealkylation sites (tertiary alicyclic amines) is 1. The Bertz CT molecular complexity index is 564. The zero-order valence-corrected chi connectivity index (χ0v) is 19.8. The third-order valence-corrected chi connectivity index (χ3v) is 4.82. The van der Waals surface area contributed by atoms with Gasteiger partial charge in [0.2, 0.25) is 0 Å². The first-order valence-corrected chi connectivity index (χ1v) is 9.99. The molecule has 0 bridgehead atoms. The second-order valence-corrected chi connectivity index (χ2v) is 6.71. The predicted molar refractivity (Wildman–Crippen MR) is 124 cm³/mol. The van der Waals surface area contributed by atoms with Crippen LogP contribution in [0.5, 0.6) is 0 Å². The van der Waals surface area contributed by atoms with Crippen LogP contribution in [0.2, 0.25) is 0 Å². The average Bonchev–Trinajstić information content (AvgIpc) is 2.72. The number of nitrogens with one attached hydrogen (secondary N) is 1. The topological polar surface area (TPSA) is 55.3 Å². The summed E-state index contributed by atoms with van der Waals surface area (Å²) in [7, 11) is 3.58. The molecular weight excluding hydrogens is 469 g/mol. The summed E-state index contributed by atoms with van der Waals surface area (Å²) in [5.74, 6) is 0.957. The molecule has 1 heterocycles. The average molecular weight is 505 g/mol. The first kappa shape index (κ1) is 25.1. The van der Waals surface area contributed by atoms with E-state index in [4.69, 9.17) is 14.2 Å². The molecule has 28 heavy (non-hydrogen) atoms. The lowest BCUT2D eigenvalue weighted by Crippen LogP contribution is -2.46. The number of ether oxygens (including phenoxy) is 3. The van der Waals surface area contributed by atoms with Crippen LogP contribution in [0.4, 0.5) is 0 Å². The Labute approximate surface area is 187 Å². The van der Waals surface area contributed by atoms with Gasteiger partial charge in [0.25, 0.3) is 0 Å². The molecule has 1 aliphatic rings. The highest BCUT2D eigenvalue weighted by atomic mass is 127. The number of rotatable bonds is 10. The van der Waals surface area contributed by atoms with Crippen LogP contribution in [0.3, 0.4) is 0 Å². The van der Waals surface area contributed by atoms with Gasteiger partial charge in [0.15, 0.2) is 5.96 Å². The van der Waals surface area contributed by atoms with Gasteiger partial charge < -0.3 is 24.4 Å². The molecule has 0 spiro atoms. The van der Waals surface area contributed by atoms with Gasteiger partial charge in [-0.15, -0.1) is 24.0 Å². The fourth-order valence-electron chi connectivity index (χ4n) is 3.28. The molecule has 0 unspecified atom stereocenters. The predicted octanol–water partition coefficient (Wildman–Crippen LogP) is 3.43. The highest BCUT2D eigenvalue weighted by Gasteiger charge is 2.21. The van der Waals surface area contributed by atoms with Crippen LogP contribution in [-0.2, 0) is 27.4 Å². The molecule has 0 amide bonds. The zero-order chi connectivity index (χ0) is 19.3. The van der Waals surface area contributed by atoms with Crippen molar-refractivity contribution in [3.05, 3.63) is 35.4 Å². The molecule has 2 rings (SSSR count). The Morgan fingerprint density at radius 1 is 1.18 bits per heavy atom. The lowest BCUT2D eigenvalue weighted by Gasteiger charge is -2.34. The number of aliphatic imine (C=N–C) groups is 1. The van der Waals surface area contributed by atoms with Crippen LogP contribution in [0.15, 0.2) is 29.3 Å². The molecule has 1 fully saturated rings. The summed E-state index contributed by atoms with van der Waals surface area (Å²) in [6, 6.07) is 8.41. The minimum Gasteiger partial charge on any atom is -0.385 e. The quantitative estimate of drug-likeness (QED) is 0.229. The van der Waals surface area contributed by atoms with Crippen LogP contribution in [0.1, 0.15) is 37.3 Å². The Kier molecular flexibility index (Phi) is 13.5. The maximum Gasteiger partial charge on any atom is 0.193 e. The van der Waals surface area contributed by atoms with Crippen LogP contribution < -0.4 is 5.32 Å². The molecule has 1 aromatic carbocycles. The Morgan fingerprint density at radius 3 is 2.54 bits per heavy atom. The normalized spacial score (nSPS) is 15.4. The van der Waals surface area contributed by atoms with E-state index in [9.17, 15) is 0 Å². The summed E-state index contributed by atoms with van der Waals surface area (Å²) < 4.78 is 16.6. The van der Waals surface area contributed by atoms with E-state index >= 15 is 0 Å². The van der Waals surface area contributed by atoms with Crippen molar-refractivity contribution in [1.82, 2.24) is 10.2 Å². The van der Waals surface area contributed by atoms with E-state index in [-0.39, 0.29) is 24.0 Å². The number of methoxy groups -OCH3 is 1. The molecule has 1 N–H and O–H groups in total. The van der Waals surface area contributed by atoms with E-state index in [2.05, 4.69) is 39.5 Å². The highest BCUT2D eigenvalue weighted by Crippen LogP contribution is 2.15. The zero-order valence-electron chi connectivity index (χ0n) is 17.5. The molecule has 7 heteroatoms. The van der Waals surface area contributed by atoms with E-state index < -0.39 is 0 Å². The second-order valence-electron chi connectivity index (χ2n) is 6.71. The number of nitrogens with zero attached hydrogens (tertiary/aromatic N) is 2. The maximum atomic E-state index is 5.95. The molecule has 1 aromatic rings. The summed E-state index contributed by atoms with van der Waals surface area (Å²) >= 11 is 0. The van der Waals surface area contributed by atoms with Gasteiger partial charge in [-0.1, -0.05) is 24.3 Å². The largest absolute Gasteiger partial charge is 0.385 e. The summed E-state index contributed by atoms with van der Waals surface area (Å²) in [6.45, 7) is 7.63. The summed E-state index contributed by atoms with van der Waals surface area (Å²) in [5.41, 5.74) is 2.48. The van der Waals surface area contributed by atoms with Crippen molar-refractivity contribution in [2.24, 2.45) is 4.99 Å². The number of benzene rings is 1. The van der Waals surface area contributed by atoms with Crippen molar-refractivity contribution in [3.63, 3.8) is 0 Å². The summed E-state index contributed by atoms with van der Waals surface area (Å²) in [6.07, 6.45) is 3.38. The first-order chi connectivity index (χ1) is 13.3. The van der Waals surface area contributed by atoms with Gasteiger partial charge in [-0.05, 0) is 37.3 Å². The van der Waals surface area contributed by atoms with Crippen molar-refractivity contribution in [1.29, 1.82) is 0 Å². The van der Waals surface area contributed by atoms with E-state index in [0.29, 0.717) is 12.7 Å².